The molecule has 0 saturated carbocycles. The van der Waals surface area contributed by atoms with Crippen molar-refractivity contribution in [3.63, 3.8) is 0 Å². The van der Waals surface area contributed by atoms with Crippen molar-refractivity contribution < 1.29 is 5.11 Å². The van der Waals surface area contributed by atoms with Gasteiger partial charge in [-0.3, -0.25) is 0 Å². The van der Waals surface area contributed by atoms with Crippen LogP contribution in [0.2, 0.25) is 0 Å². The molecule has 0 radical (unpaired) electrons. The second kappa shape index (κ2) is 6.04. The molecule has 1 heterocycles. The number of hydrogen-bond acceptors (Lipinski definition) is 3. The highest BCUT2D eigenvalue weighted by atomic mass is 16.3. The molecule has 0 spiro atoms. The highest BCUT2D eigenvalue weighted by Gasteiger charge is 2.23. The topological polar surface area (TPSA) is 49.5 Å². The Bertz CT molecular complexity index is 616. The van der Waals surface area contributed by atoms with E-state index in [0.29, 0.717) is 12.5 Å². The van der Waals surface area contributed by atoms with Crippen LogP contribution in [0.15, 0.2) is 36.4 Å². The van der Waals surface area contributed by atoms with Crippen molar-refractivity contribution in [2.45, 2.75) is 32.4 Å². The summed E-state index contributed by atoms with van der Waals surface area (Å²) in [6, 6.07) is 12.9. The molecule has 3 N–H and O–H groups in total. The number of aliphatic hydroxyl groups is 1. The molecule has 0 amide bonds. The van der Waals surface area contributed by atoms with Gasteiger partial charge >= 0.3 is 0 Å². The number of rotatable bonds is 3. The maximum Gasteiger partial charge on any atom is 0.0541 e. The van der Waals surface area contributed by atoms with E-state index in [0.717, 1.165) is 25.9 Å². The van der Waals surface area contributed by atoms with Crippen LogP contribution >= 0.6 is 0 Å². The average molecular weight is 284 g/mol. The Balaban J connectivity index is 1.92. The molecular formula is C18H24N2O. The molecule has 2 aromatic carbocycles. The quantitative estimate of drug-likeness (QED) is 0.911. The summed E-state index contributed by atoms with van der Waals surface area (Å²) in [5, 5.41) is 12.3. The lowest BCUT2D eigenvalue weighted by molar-refractivity contribution is 0.110. The van der Waals surface area contributed by atoms with E-state index in [4.69, 9.17) is 5.73 Å². The van der Waals surface area contributed by atoms with Crippen LogP contribution in [0.25, 0.3) is 10.8 Å². The number of hydrogen-bond donors (Lipinski definition) is 2. The van der Waals surface area contributed by atoms with Crippen LogP contribution in [0.5, 0.6) is 0 Å². The Morgan fingerprint density at radius 3 is 2.43 bits per heavy atom. The van der Waals surface area contributed by atoms with Crippen LogP contribution in [0, 0.1) is 5.92 Å². The highest BCUT2D eigenvalue weighted by molar-refractivity contribution is 5.96. The Hall–Kier alpha value is -1.58. The van der Waals surface area contributed by atoms with Crippen LogP contribution in [-0.2, 0) is 6.54 Å². The molecule has 0 bridgehead atoms. The second-order valence-electron chi connectivity index (χ2n) is 6.06. The lowest BCUT2D eigenvalue weighted by atomic mass is 9.91. The minimum Gasteiger partial charge on any atom is -0.393 e. The van der Waals surface area contributed by atoms with Crippen molar-refractivity contribution in [2.24, 2.45) is 11.7 Å². The third-order valence-electron chi connectivity index (χ3n) is 4.77. The zero-order valence-corrected chi connectivity index (χ0v) is 12.6. The van der Waals surface area contributed by atoms with Gasteiger partial charge in [0.2, 0.25) is 0 Å². The molecule has 0 aliphatic carbocycles. The summed E-state index contributed by atoms with van der Waals surface area (Å²) < 4.78 is 0. The molecule has 1 aliphatic rings. The first-order valence-electron chi connectivity index (χ1n) is 7.84. The van der Waals surface area contributed by atoms with Gasteiger partial charge in [0.05, 0.1) is 6.10 Å². The van der Waals surface area contributed by atoms with Crippen molar-refractivity contribution in [1.29, 1.82) is 0 Å². The van der Waals surface area contributed by atoms with Gasteiger partial charge in [-0.1, -0.05) is 30.3 Å². The molecule has 3 nitrogen and oxygen atoms in total. The third kappa shape index (κ3) is 2.76. The molecule has 1 atom stereocenters. The maximum absolute atomic E-state index is 9.74. The Morgan fingerprint density at radius 2 is 1.81 bits per heavy atom. The van der Waals surface area contributed by atoms with Gasteiger partial charge in [0, 0.05) is 30.7 Å². The first-order chi connectivity index (χ1) is 10.2. The van der Waals surface area contributed by atoms with Gasteiger partial charge in [-0.2, -0.15) is 0 Å². The molecule has 3 heteroatoms. The summed E-state index contributed by atoms with van der Waals surface area (Å²) in [5.41, 5.74) is 8.35. The van der Waals surface area contributed by atoms with Gasteiger partial charge in [-0.25, -0.2) is 0 Å². The molecule has 1 saturated heterocycles. The monoisotopic (exact) mass is 284 g/mol. The van der Waals surface area contributed by atoms with Crippen LogP contribution in [-0.4, -0.2) is 24.3 Å². The van der Waals surface area contributed by atoms with E-state index in [1.165, 1.54) is 22.0 Å². The first kappa shape index (κ1) is 14.4. The van der Waals surface area contributed by atoms with E-state index < -0.39 is 0 Å². The molecule has 0 aromatic heterocycles. The summed E-state index contributed by atoms with van der Waals surface area (Å²) in [6.07, 6.45) is 1.93. The largest absolute Gasteiger partial charge is 0.393 e. The number of benzene rings is 2. The van der Waals surface area contributed by atoms with Gasteiger partial charge in [-0.05, 0) is 42.7 Å². The lowest BCUT2D eigenvalue weighted by Crippen LogP contribution is -2.37. The summed E-state index contributed by atoms with van der Waals surface area (Å²) >= 11 is 0. The average Bonchev–Trinajstić information content (AvgIpc) is 2.54. The summed E-state index contributed by atoms with van der Waals surface area (Å²) in [6.45, 7) is 4.51. The van der Waals surface area contributed by atoms with Crippen molar-refractivity contribution in [2.75, 3.05) is 18.0 Å². The smallest absolute Gasteiger partial charge is 0.0541 e. The Labute approximate surface area is 126 Å². The molecule has 1 unspecified atom stereocenters. The molecule has 112 valence electrons. The lowest BCUT2D eigenvalue weighted by Gasteiger charge is -2.35. The van der Waals surface area contributed by atoms with E-state index in [1.807, 2.05) is 6.92 Å². The van der Waals surface area contributed by atoms with E-state index >= 15 is 0 Å². The standard InChI is InChI=1S/C18H24N2O/c1-13(21)14-8-10-20(11-9-14)18-7-6-15(12-19)16-4-2-3-5-17(16)18/h2-7,13-14,21H,8-12,19H2,1H3. The minimum absolute atomic E-state index is 0.191. The normalized spacial score (nSPS) is 18.1. The summed E-state index contributed by atoms with van der Waals surface area (Å²) in [5.74, 6) is 0.441. The third-order valence-corrected chi connectivity index (χ3v) is 4.77. The second-order valence-corrected chi connectivity index (χ2v) is 6.06. The fourth-order valence-electron chi connectivity index (χ4n) is 3.42. The molecule has 1 fully saturated rings. The van der Waals surface area contributed by atoms with Gasteiger partial charge in [0.1, 0.15) is 0 Å². The van der Waals surface area contributed by atoms with E-state index in [1.54, 1.807) is 0 Å². The van der Waals surface area contributed by atoms with Crippen molar-refractivity contribution >= 4 is 16.5 Å². The van der Waals surface area contributed by atoms with E-state index in [2.05, 4.69) is 41.3 Å². The number of nitrogens with two attached hydrogens (primary N) is 1. The van der Waals surface area contributed by atoms with Gasteiger partial charge in [0.15, 0.2) is 0 Å². The van der Waals surface area contributed by atoms with Crippen molar-refractivity contribution in [3.05, 3.63) is 42.0 Å². The first-order valence-corrected chi connectivity index (χ1v) is 7.84. The Kier molecular flexibility index (Phi) is 4.13. The molecule has 1 aliphatic heterocycles. The molecular weight excluding hydrogens is 260 g/mol. The predicted molar refractivity (Wildman–Crippen MR) is 88.5 cm³/mol. The number of piperidine rings is 1. The number of nitrogens with zero attached hydrogens (tertiary/aromatic N) is 1. The predicted octanol–water partition coefficient (Wildman–Crippen LogP) is 2.90. The van der Waals surface area contributed by atoms with E-state index in [-0.39, 0.29) is 6.10 Å². The van der Waals surface area contributed by atoms with Crippen LogP contribution < -0.4 is 10.6 Å². The van der Waals surface area contributed by atoms with E-state index in [9.17, 15) is 5.11 Å². The van der Waals surface area contributed by atoms with Gasteiger partial charge < -0.3 is 15.7 Å². The zero-order chi connectivity index (χ0) is 14.8. The number of fused-ring (bicyclic) bond motifs is 1. The van der Waals surface area contributed by atoms with Gasteiger partial charge in [-0.15, -0.1) is 0 Å². The minimum atomic E-state index is -0.191. The molecule has 2 aromatic rings. The fourth-order valence-corrected chi connectivity index (χ4v) is 3.42. The van der Waals surface area contributed by atoms with Gasteiger partial charge in [0.25, 0.3) is 0 Å². The zero-order valence-electron chi connectivity index (χ0n) is 12.6. The van der Waals surface area contributed by atoms with Crippen LogP contribution in [0.4, 0.5) is 5.69 Å². The number of anilines is 1. The van der Waals surface area contributed by atoms with Crippen molar-refractivity contribution in [1.82, 2.24) is 0 Å². The van der Waals surface area contributed by atoms with Crippen LogP contribution in [0.1, 0.15) is 25.3 Å². The maximum atomic E-state index is 9.74. The molecule has 3 rings (SSSR count). The Morgan fingerprint density at radius 1 is 1.14 bits per heavy atom. The van der Waals surface area contributed by atoms with Crippen LogP contribution in [0.3, 0.4) is 0 Å². The summed E-state index contributed by atoms with van der Waals surface area (Å²) in [7, 11) is 0. The highest BCUT2D eigenvalue weighted by Crippen LogP contribution is 2.32. The number of aliphatic hydroxyl groups excluding tert-OH is 1. The fraction of sp³-hybridized carbons (Fsp3) is 0.444. The SMILES string of the molecule is CC(O)C1CCN(c2ccc(CN)c3ccccc23)CC1. The molecule has 21 heavy (non-hydrogen) atoms. The summed E-state index contributed by atoms with van der Waals surface area (Å²) in [4.78, 5) is 2.45. The van der Waals surface area contributed by atoms with Crippen molar-refractivity contribution in [3.8, 4) is 0 Å².